The molecule has 0 bridgehead atoms. The number of rotatable bonds is 4. The third kappa shape index (κ3) is 3.13. The van der Waals surface area contributed by atoms with E-state index < -0.39 is 5.82 Å². The maximum atomic E-state index is 14.2. The lowest BCUT2D eigenvalue weighted by molar-refractivity contribution is 0.451. The molecule has 0 saturated carbocycles. The molecule has 31 heavy (non-hydrogen) atoms. The zero-order chi connectivity index (χ0) is 20.8. The fourth-order valence-electron chi connectivity index (χ4n) is 3.16. The van der Waals surface area contributed by atoms with E-state index in [1.807, 2.05) is 30.3 Å². The van der Waals surface area contributed by atoms with Crippen LogP contribution in [0, 0.1) is 5.82 Å². The Bertz CT molecular complexity index is 1520. The molecule has 2 aromatic carbocycles. The molecule has 0 aliphatic heterocycles. The lowest BCUT2D eigenvalue weighted by Gasteiger charge is -2.02. The highest BCUT2D eigenvalue weighted by molar-refractivity contribution is 7.99. The van der Waals surface area contributed by atoms with Crippen LogP contribution in [0.25, 0.3) is 39.7 Å². The van der Waals surface area contributed by atoms with Crippen molar-refractivity contribution in [2.24, 2.45) is 0 Å². The molecule has 150 valence electrons. The summed E-state index contributed by atoms with van der Waals surface area (Å²) in [5.41, 5.74) is 1.55. The van der Waals surface area contributed by atoms with E-state index in [1.165, 1.54) is 22.3 Å². The molecule has 6 rings (SSSR count). The van der Waals surface area contributed by atoms with E-state index in [-0.39, 0.29) is 5.89 Å². The van der Waals surface area contributed by atoms with Crippen molar-refractivity contribution in [3.63, 3.8) is 0 Å². The summed E-state index contributed by atoms with van der Waals surface area (Å²) in [7, 11) is 0. The Morgan fingerprint density at radius 2 is 1.71 bits per heavy atom. The van der Waals surface area contributed by atoms with Gasteiger partial charge in [-0.2, -0.15) is 9.61 Å². The third-order valence-electron chi connectivity index (χ3n) is 4.59. The molecule has 0 aliphatic rings. The molecule has 6 aromatic rings. The van der Waals surface area contributed by atoms with Gasteiger partial charge in [-0.05, 0) is 48.2 Å². The number of halogens is 1. The standard InChI is InChI=1S/C21H11FN6O2S/c22-14-7-3-2-6-13(14)19-24-23-17-9-10-18(27-28(17)19)31-21-26-25-20(30-21)16-11-12-5-1-4-8-15(12)29-16/h1-11H. The number of hydrogen-bond acceptors (Lipinski definition) is 8. The van der Waals surface area contributed by atoms with Crippen LogP contribution in [0.4, 0.5) is 4.39 Å². The molecule has 0 saturated heterocycles. The molecule has 10 heteroatoms. The molecule has 4 aromatic heterocycles. The summed E-state index contributed by atoms with van der Waals surface area (Å²) in [6.45, 7) is 0. The summed E-state index contributed by atoms with van der Waals surface area (Å²) < 4.78 is 27.2. The fourth-order valence-corrected chi connectivity index (χ4v) is 3.80. The normalized spacial score (nSPS) is 11.5. The number of furan rings is 1. The van der Waals surface area contributed by atoms with E-state index in [1.54, 1.807) is 30.3 Å². The van der Waals surface area contributed by atoms with Crippen molar-refractivity contribution >= 4 is 28.4 Å². The molecular weight excluding hydrogens is 419 g/mol. The van der Waals surface area contributed by atoms with Crippen LogP contribution in [-0.4, -0.2) is 30.0 Å². The Kier molecular flexibility index (Phi) is 4.03. The van der Waals surface area contributed by atoms with Gasteiger partial charge < -0.3 is 8.83 Å². The van der Waals surface area contributed by atoms with E-state index >= 15 is 0 Å². The van der Waals surface area contributed by atoms with Crippen molar-refractivity contribution in [1.82, 2.24) is 30.0 Å². The van der Waals surface area contributed by atoms with Gasteiger partial charge in [-0.1, -0.05) is 30.3 Å². The second kappa shape index (κ2) is 7.03. The van der Waals surface area contributed by atoms with Crippen molar-refractivity contribution < 1.29 is 13.2 Å². The van der Waals surface area contributed by atoms with Gasteiger partial charge in [-0.15, -0.1) is 20.4 Å². The summed E-state index contributed by atoms with van der Waals surface area (Å²) in [5, 5.41) is 22.6. The molecular formula is C21H11FN6O2S. The highest BCUT2D eigenvalue weighted by Crippen LogP contribution is 2.31. The first-order valence-corrected chi connectivity index (χ1v) is 10.0. The van der Waals surface area contributed by atoms with Gasteiger partial charge in [0.25, 0.3) is 11.1 Å². The monoisotopic (exact) mass is 430 g/mol. The minimum atomic E-state index is -0.399. The Morgan fingerprint density at radius 3 is 2.61 bits per heavy atom. The average Bonchev–Trinajstić information content (AvgIpc) is 3.52. The molecule has 0 atom stereocenters. The Hall–Kier alpha value is -4.05. The summed E-state index contributed by atoms with van der Waals surface area (Å²) in [6, 6.07) is 19.3. The molecule has 8 nitrogen and oxygen atoms in total. The maximum Gasteiger partial charge on any atom is 0.284 e. The van der Waals surface area contributed by atoms with Gasteiger partial charge >= 0.3 is 0 Å². The highest BCUT2D eigenvalue weighted by atomic mass is 32.2. The molecule has 0 unspecified atom stereocenters. The van der Waals surface area contributed by atoms with Crippen LogP contribution in [0.2, 0.25) is 0 Å². The van der Waals surface area contributed by atoms with E-state index in [0.29, 0.717) is 33.0 Å². The van der Waals surface area contributed by atoms with Crippen molar-refractivity contribution in [1.29, 1.82) is 0 Å². The lowest BCUT2D eigenvalue weighted by atomic mass is 10.2. The minimum Gasteiger partial charge on any atom is -0.451 e. The minimum absolute atomic E-state index is 0.274. The van der Waals surface area contributed by atoms with E-state index in [2.05, 4.69) is 25.5 Å². The number of hydrogen-bond donors (Lipinski definition) is 0. The zero-order valence-corrected chi connectivity index (χ0v) is 16.5. The Morgan fingerprint density at radius 1 is 0.839 bits per heavy atom. The van der Waals surface area contributed by atoms with Crippen LogP contribution in [-0.2, 0) is 0 Å². The number of fused-ring (bicyclic) bond motifs is 2. The molecule has 0 amide bonds. The lowest BCUT2D eigenvalue weighted by Crippen LogP contribution is -1.97. The molecule has 4 heterocycles. The number of aromatic nitrogens is 6. The predicted octanol–water partition coefficient (Wildman–Crippen LogP) is 4.88. The van der Waals surface area contributed by atoms with Crippen molar-refractivity contribution in [2.75, 3.05) is 0 Å². The second-order valence-corrected chi connectivity index (χ2v) is 7.54. The molecule has 0 radical (unpaired) electrons. The number of nitrogens with zero attached hydrogens (tertiary/aromatic N) is 6. The number of benzene rings is 2. The van der Waals surface area contributed by atoms with Gasteiger partial charge in [-0.25, -0.2) is 4.39 Å². The van der Waals surface area contributed by atoms with Crippen LogP contribution in [0.15, 0.2) is 85.8 Å². The van der Waals surface area contributed by atoms with E-state index in [4.69, 9.17) is 8.83 Å². The molecule has 0 aliphatic carbocycles. The van der Waals surface area contributed by atoms with Crippen LogP contribution < -0.4 is 0 Å². The topological polar surface area (TPSA) is 95.1 Å². The van der Waals surface area contributed by atoms with E-state index in [9.17, 15) is 4.39 Å². The third-order valence-corrected chi connectivity index (χ3v) is 5.35. The Labute approximate surface area is 177 Å². The quantitative estimate of drug-likeness (QED) is 0.391. The summed E-state index contributed by atoms with van der Waals surface area (Å²) >= 11 is 1.17. The fraction of sp³-hybridized carbons (Fsp3) is 0. The first-order valence-electron chi connectivity index (χ1n) is 9.22. The van der Waals surface area contributed by atoms with E-state index in [0.717, 1.165) is 11.0 Å². The van der Waals surface area contributed by atoms with Crippen molar-refractivity contribution in [3.8, 4) is 23.0 Å². The van der Waals surface area contributed by atoms with Gasteiger partial charge in [0.05, 0.1) is 5.56 Å². The summed E-state index contributed by atoms with van der Waals surface area (Å²) in [5.74, 6) is 0.675. The zero-order valence-electron chi connectivity index (χ0n) is 15.6. The predicted molar refractivity (Wildman–Crippen MR) is 110 cm³/mol. The smallest absolute Gasteiger partial charge is 0.284 e. The van der Waals surface area contributed by atoms with Gasteiger partial charge in [-0.3, -0.25) is 0 Å². The van der Waals surface area contributed by atoms with Crippen LogP contribution in [0.5, 0.6) is 0 Å². The van der Waals surface area contributed by atoms with Crippen LogP contribution in [0.3, 0.4) is 0 Å². The SMILES string of the molecule is Fc1ccccc1-c1nnc2ccc(Sc3nnc(-c4cc5ccccc5o4)o3)nn12. The van der Waals surface area contributed by atoms with Gasteiger partial charge in [0.2, 0.25) is 0 Å². The molecule has 0 spiro atoms. The maximum absolute atomic E-state index is 14.2. The highest BCUT2D eigenvalue weighted by Gasteiger charge is 2.17. The van der Waals surface area contributed by atoms with Crippen molar-refractivity contribution in [3.05, 3.63) is 72.5 Å². The van der Waals surface area contributed by atoms with Crippen LogP contribution in [0.1, 0.15) is 0 Å². The first kappa shape index (κ1) is 17.8. The largest absolute Gasteiger partial charge is 0.451 e. The average molecular weight is 430 g/mol. The van der Waals surface area contributed by atoms with Gasteiger partial charge in [0, 0.05) is 5.39 Å². The Balaban J connectivity index is 1.33. The first-order chi connectivity index (χ1) is 15.2. The second-order valence-electron chi connectivity index (χ2n) is 6.57. The summed E-state index contributed by atoms with van der Waals surface area (Å²) in [6.07, 6.45) is 0. The van der Waals surface area contributed by atoms with Gasteiger partial charge in [0.1, 0.15) is 16.4 Å². The molecule has 0 fully saturated rings. The van der Waals surface area contributed by atoms with Crippen LogP contribution >= 0.6 is 11.8 Å². The molecule has 0 N–H and O–H groups in total. The van der Waals surface area contributed by atoms with Gasteiger partial charge in [0.15, 0.2) is 17.2 Å². The van der Waals surface area contributed by atoms with Crippen molar-refractivity contribution in [2.45, 2.75) is 10.2 Å². The summed E-state index contributed by atoms with van der Waals surface area (Å²) in [4.78, 5) is 0. The number of para-hydroxylation sites is 1.